The zero-order valence-corrected chi connectivity index (χ0v) is 19.4. The standard InChI is InChI=1S/C26H38N4O2/c1-30(18-20-8-4-2-5-9-20)19-25-16-24(29-32-25)14-22-17-27-13-12-21(22)15-26(31)28-23-10-6-3-7-11-23/h2,4-5,8-9,16,21-23,27H,3,6-7,10-15,17-19H2,1H3,(H,28,31)/t21-,22-/m0/s1. The van der Waals surface area contributed by atoms with Crippen LogP contribution in [0.15, 0.2) is 40.9 Å². The van der Waals surface area contributed by atoms with E-state index in [1.54, 1.807) is 0 Å². The van der Waals surface area contributed by atoms with Gasteiger partial charge in [0.15, 0.2) is 5.76 Å². The molecule has 0 unspecified atom stereocenters. The summed E-state index contributed by atoms with van der Waals surface area (Å²) in [4.78, 5) is 14.9. The van der Waals surface area contributed by atoms with E-state index in [-0.39, 0.29) is 5.91 Å². The van der Waals surface area contributed by atoms with Gasteiger partial charge < -0.3 is 15.2 Å². The monoisotopic (exact) mass is 438 g/mol. The van der Waals surface area contributed by atoms with Crippen LogP contribution in [-0.2, 0) is 24.3 Å². The van der Waals surface area contributed by atoms with Gasteiger partial charge in [-0.3, -0.25) is 9.69 Å². The summed E-state index contributed by atoms with van der Waals surface area (Å²) in [5, 5.41) is 11.2. The summed E-state index contributed by atoms with van der Waals surface area (Å²) >= 11 is 0. The number of aromatic nitrogens is 1. The Kier molecular flexibility index (Phi) is 8.35. The number of carbonyl (C=O) groups is 1. The smallest absolute Gasteiger partial charge is 0.220 e. The SMILES string of the molecule is CN(Cc1ccccc1)Cc1cc(C[C@H]2CNCC[C@H]2CC(=O)NC2CCCCC2)no1. The predicted molar refractivity (Wildman–Crippen MR) is 126 cm³/mol. The third-order valence-electron chi connectivity index (χ3n) is 6.98. The highest BCUT2D eigenvalue weighted by Gasteiger charge is 2.29. The number of nitrogens with zero attached hydrogens (tertiary/aromatic N) is 2. The molecule has 1 aliphatic heterocycles. The fourth-order valence-electron chi connectivity index (χ4n) is 5.27. The first-order valence-electron chi connectivity index (χ1n) is 12.3. The molecule has 2 heterocycles. The van der Waals surface area contributed by atoms with Crippen molar-refractivity contribution >= 4 is 5.91 Å². The number of carbonyl (C=O) groups excluding carboxylic acids is 1. The molecule has 2 atom stereocenters. The molecule has 0 bridgehead atoms. The molecule has 4 rings (SSSR count). The number of nitrogens with one attached hydrogen (secondary N) is 2. The summed E-state index contributed by atoms with van der Waals surface area (Å²) in [5.74, 6) is 1.95. The van der Waals surface area contributed by atoms with E-state index in [1.807, 2.05) is 6.07 Å². The van der Waals surface area contributed by atoms with Gasteiger partial charge in [0.05, 0.1) is 12.2 Å². The van der Waals surface area contributed by atoms with Crippen LogP contribution in [-0.4, -0.2) is 42.1 Å². The zero-order chi connectivity index (χ0) is 22.2. The maximum absolute atomic E-state index is 12.7. The van der Waals surface area contributed by atoms with Crippen molar-refractivity contribution in [3.8, 4) is 0 Å². The lowest BCUT2D eigenvalue weighted by Gasteiger charge is -2.32. The molecule has 2 N–H and O–H groups in total. The Morgan fingerprint density at radius 3 is 2.75 bits per heavy atom. The maximum atomic E-state index is 12.7. The van der Waals surface area contributed by atoms with Crippen molar-refractivity contribution in [3.05, 3.63) is 53.4 Å². The highest BCUT2D eigenvalue weighted by Crippen LogP contribution is 2.27. The Hall–Kier alpha value is -2.18. The summed E-state index contributed by atoms with van der Waals surface area (Å²) in [6.45, 7) is 3.54. The van der Waals surface area contributed by atoms with Crippen molar-refractivity contribution < 1.29 is 9.32 Å². The van der Waals surface area contributed by atoms with Gasteiger partial charge in [0.1, 0.15) is 0 Å². The number of hydrogen-bond donors (Lipinski definition) is 2. The molecule has 1 aromatic carbocycles. The van der Waals surface area contributed by atoms with E-state index < -0.39 is 0 Å². The molecule has 32 heavy (non-hydrogen) atoms. The lowest BCUT2D eigenvalue weighted by molar-refractivity contribution is -0.123. The third kappa shape index (κ3) is 6.91. The summed E-state index contributed by atoms with van der Waals surface area (Å²) in [5.41, 5.74) is 2.29. The topological polar surface area (TPSA) is 70.4 Å². The molecule has 1 aliphatic carbocycles. The quantitative estimate of drug-likeness (QED) is 0.621. The van der Waals surface area contributed by atoms with Gasteiger partial charge in [-0.2, -0.15) is 0 Å². The molecule has 2 fully saturated rings. The van der Waals surface area contributed by atoms with Gasteiger partial charge in [-0.05, 0) is 63.2 Å². The van der Waals surface area contributed by atoms with Gasteiger partial charge in [0, 0.05) is 25.1 Å². The normalized spacial score (nSPS) is 22.2. The van der Waals surface area contributed by atoms with Gasteiger partial charge in [-0.15, -0.1) is 0 Å². The molecule has 1 aromatic heterocycles. The highest BCUT2D eigenvalue weighted by molar-refractivity contribution is 5.76. The first kappa shape index (κ1) is 23.0. The molecule has 174 valence electrons. The van der Waals surface area contributed by atoms with Crippen LogP contribution in [0, 0.1) is 11.8 Å². The third-order valence-corrected chi connectivity index (χ3v) is 6.98. The minimum Gasteiger partial charge on any atom is -0.360 e. The molecule has 0 radical (unpaired) electrons. The van der Waals surface area contributed by atoms with E-state index in [9.17, 15) is 4.79 Å². The second-order valence-electron chi connectivity index (χ2n) is 9.77. The van der Waals surface area contributed by atoms with E-state index in [4.69, 9.17) is 4.52 Å². The molecule has 2 aliphatic rings. The fourth-order valence-corrected chi connectivity index (χ4v) is 5.27. The number of hydrogen-bond acceptors (Lipinski definition) is 5. The minimum absolute atomic E-state index is 0.233. The van der Waals surface area contributed by atoms with E-state index in [0.29, 0.717) is 24.3 Å². The molecule has 1 amide bonds. The molecule has 0 spiro atoms. The van der Waals surface area contributed by atoms with E-state index >= 15 is 0 Å². The number of rotatable bonds is 9. The number of piperidine rings is 1. The number of benzene rings is 1. The average Bonchev–Trinajstić information content (AvgIpc) is 3.23. The summed E-state index contributed by atoms with van der Waals surface area (Å²) in [6.07, 6.45) is 8.63. The van der Waals surface area contributed by atoms with Crippen molar-refractivity contribution in [1.29, 1.82) is 0 Å². The summed E-state index contributed by atoms with van der Waals surface area (Å²) in [6, 6.07) is 12.9. The minimum atomic E-state index is 0.233. The molecule has 1 saturated heterocycles. The maximum Gasteiger partial charge on any atom is 0.220 e. The van der Waals surface area contributed by atoms with Crippen LogP contribution in [0.2, 0.25) is 0 Å². The van der Waals surface area contributed by atoms with Crippen LogP contribution in [0.4, 0.5) is 0 Å². The van der Waals surface area contributed by atoms with Gasteiger partial charge in [-0.25, -0.2) is 0 Å². The molecule has 2 aromatic rings. The van der Waals surface area contributed by atoms with Crippen LogP contribution in [0.3, 0.4) is 0 Å². The lowest BCUT2D eigenvalue weighted by Crippen LogP contribution is -2.42. The largest absolute Gasteiger partial charge is 0.360 e. The van der Waals surface area contributed by atoms with E-state index in [1.165, 1.54) is 24.8 Å². The van der Waals surface area contributed by atoms with Gasteiger partial charge >= 0.3 is 0 Å². The van der Waals surface area contributed by atoms with Crippen molar-refractivity contribution in [1.82, 2.24) is 20.7 Å². The van der Waals surface area contributed by atoms with Crippen molar-refractivity contribution in [2.75, 3.05) is 20.1 Å². The summed E-state index contributed by atoms with van der Waals surface area (Å²) in [7, 11) is 2.10. The number of amides is 1. The Balaban J connectivity index is 1.27. The molecule has 1 saturated carbocycles. The Bertz CT molecular complexity index is 831. The first-order valence-corrected chi connectivity index (χ1v) is 12.3. The van der Waals surface area contributed by atoms with Crippen LogP contribution in [0.1, 0.15) is 62.0 Å². The van der Waals surface area contributed by atoms with Crippen LogP contribution in [0.5, 0.6) is 0 Å². The van der Waals surface area contributed by atoms with E-state index in [2.05, 4.69) is 58.1 Å². The molecule has 6 heteroatoms. The van der Waals surface area contributed by atoms with Crippen LogP contribution in [0.25, 0.3) is 0 Å². The van der Waals surface area contributed by atoms with Crippen molar-refractivity contribution in [2.45, 2.75) is 70.5 Å². The second-order valence-corrected chi connectivity index (χ2v) is 9.77. The van der Waals surface area contributed by atoms with Crippen molar-refractivity contribution in [3.63, 3.8) is 0 Å². The lowest BCUT2D eigenvalue weighted by atomic mass is 9.81. The molecular weight excluding hydrogens is 400 g/mol. The van der Waals surface area contributed by atoms with Crippen molar-refractivity contribution in [2.24, 2.45) is 11.8 Å². The van der Waals surface area contributed by atoms with Crippen LogP contribution < -0.4 is 10.6 Å². The average molecular weight is 439 g/mol. The van der Waals surface area contributed by atoms with Gasteiger partial charge in [0.2, 0.25) is 5.91 Å². The van der Waals surface area contributed by atoms with E-state index in [0.717, 1.165) is 63.3 Å². The van der Waals surface area contributed by atoms with Gasteiger partial charge in [0.25, 0.3) is 0 Å². The predicted octanol–water partition coefficient (Wildman–Crippen LogP) is 3.91. The Labute approximate surface area is 192 Å². The molecule has 6 nitrogen and oxygen atoms in total. The molecular formula is C26H38N4O2. The summed E-state index contributed by atoms with van der Waals surface area (Å²) < 4.78 is 5.64. The highest BCUT2D eigenvalue weighted by atomic mass is 16.5. The second kappa shape index (κ2) is 11.6. The first-order chi connectivity index (χ1) is 15.7. The van der Waals surface area contributed by atoms with Gasteiger partial charge in [-0.1, -0.05) is 54.8 Å². The Morgan fingerprint density at radius 2 is 1.94 bits per heavy atom. The Morgan fingerprint density at radius 1 is 1.12 bits per heavy atom. The zero-order valence-electron chi connectivity index (χ0n) is 19.4. The van der Waals surface area contributed by atoms with Crippen LogP contribution >= 0.6 is 0 Å². The fraction of sp³-hybridized carbons (Fsp3) is 0.615.